The van der Waals surface area contributed by atoms with Crippen molar-refractivity contribution in [2.75, 3.05) is 19.4 Å². The quantitative estimate of drug-likeness (QED) is 0.890. The fourth-order valence-electron chi connectivity index (χ4n) is 2.15. The first-order chi connectivity index (χ1) is 9.54. The van der Waals surface area contributed by atoms with Gasteiger partial charge >= 0.3 is 0 Å². The van der Waals surface area contributed by atoms with Gasteiger partial charge in [-0.3, -0.25) is 0 Å². The van der Waals surface area contributed by atoms with E-state index in [1.807, 2.05) is 13.0 Å². The van der Waals surface area contributed by atoms with Crippen LogP contribution in [0.3, 0.4) is 0 Å². The molecule has 1 N–H and O–H groups in total. The molecule has 0 aromatic heterocycles. The third kappa shape index (κ3) is 4.07. The largest absolute Gasteiger partial charge is 0.381 e. The second-order valence-corrected chi connectivity index (χ2v) is 5.36. The van der Waals surface area contributed by atoms with Crippen molar-refractivity contribution in [3.8, 4) is 0 Å². The van der Waals surface area contributed by atoms with Gasteiger partial charge in [-0.05, 0) is 62.0 Å². The molecule has 2 nitrogen and oxygen atoms in total. The van der Waals surface area contributed by atoms with Gasteiger partial charge in [0, 0.05) is 18.8 Å². The SMILES string of the molecule is Cc1cc(F)ccc1CNc1ccc(CN(C)C)cc1. The van der Waals surface area contributed by atoms with Crippen molar-refractivity contribution < 1.29 is 4.39 Å². The number of anilines is 1. The minimum atomic E-state index is -0.181. The van der Waals surface area contributed by atoms with Gasteiger partial charge in [-0.2, -0.15) is 0 Å². The molecule has 0 spiro atoms. The molecule has 20 heavy (non-hydrogen) atoms. The summed E-state index contributed by atoms with van der Waals surface area (Å²) in [7, 11) is 4.12. The van der Waals surface area contributed by atoms with Crippen LogP contribution in [-0.4, -0.2) is 19.0 Å². The summed E-state index contributed by atoms with van der Waals surface area (Å²) in [6, 6.07) is 13.3. The highest BCUT2D eigenvalue weighted by Gasteiger charge is 2.01. The third-order valence-corrected chi connectivity index (χ3v) is 3.24. The van der Waals surface area contributed by atoms with Crippen molar-refractivity contribution in [2.45, 2.75) is 20.0 Å². The van der Waals surface area contributed by atoms with Crippen LogP contribution < -0.4 is 5.32 Å². The summed E-state index contributed by atoms with van der Waals surface area (Å²) in [5.41, 5.74) is 4.46. The minimum Gasteiger partial charge on any atom is -0.381 e. The van der Waals surface area contributed by atoms with Gasteiger partial charge in [0.1, 0.15) is 5.82 Å². The van der Waals surface area contributed by atoms with Gasteiger partial charge < -0.3 is 10.2 Å². The van der Waals surface area contributed by atoms with Crippen molar-refractivity contribution in [3.05, 3.63) is 65.0 Å². The Morgan fingerprint density at radius 3 is 2.35 bits per heavy atom. The van der Waals surface area contributed by atoms with E-state index in [1.165, 1.54) is 11.6 Å². The number of nitrogens with one attached hydrogen (secondary N) is 1. The molecule has 0 fully saturated rings. The molecule has 0 bridgehead atoms. The Morgan fingerprint density at radius 1 is 1.05 bits per heavy atom. The van der Waals surface area contributed by atoms with Gasteiger partial charge in [0.2, 0.25) is 0 Å². The van der Waals surface area contributed by atoms with E-state index in [2.05, 4.69) is 48.6 Å². The average molecular weight is 272 g/mol. The van der Waals surface area contributed by atoms with Gasteiger partial charge in [-0.1, -0.05) is 18.2 Å². The highest BCUT2D eigenvalue weighted by Crippen LogP contribution is 2.15. The fraction of sp³-hybridized carbons (Fsp3) is 0.294. The summed E-state index contributed by atoms with van der Waals surface area (Å²) in [4.78, 5) is 2.14. The van der Waals surface area contributed by atoms with Gasteiger partial charge in [-0.25, -0.2) is 4.39 Å². The van der Waals surface area contributed by atoms with Crippen molar-refractivity contribution in [3.63, 3.8) is 0 Å². The van der Waals surface area contributed by atoms with Crippen LogP contribution in [0.15, 0.2) is 42.5 Å². The highest BCUT2D eigenvalue weighted by atomic mass is 19.1. The molecule has 0 saturated heterocycles. The highest BCUT2D eigenvalue weighted by molar-refractivity contribution is 5.45. The Morgan fingerprint density at radius 2 is 1.75 bits per heavy atom. The number of benzene rings is 2. The van der Waals surface area contributed by atoms with Crippen LogP contribution in [0.1, 0.15) is 16.7 Å². The van der Waals surface area contributed by atoms with Crippen molar-refractivity contribution in [1.82, 2.24) is 4.90 Å². The zero-order valence-electron chi connectivity index (χ0n) is 12.3. The zero-order valence-corrected chi connectivity index (χ0v) is 12.3. The van der Waals surface area contributed by atoms with E-state index in [9.17, 15) is 4.39 Å². The van der Waals surface area contributed by atoms with Crippen LogP contribution in [0.25, 0.3) is 0 Å². The number of hydrogen-bond donors (Lipinski definition) is 1. The van der Waals surface area contributed by atoms with Crippen LogP contribution in [-0.2, 0) is 13.1 Å². The third-order valence-electron chi connectivity index (χ3n) is 3.24. The fourth-order valence-corrected chi connectivity index (χ4v) is 2.15. The molecule has 0 radical (unpaired) electrons. The maximum Gasteiger partial charge on any atom is 0.123 e. The predicted octanol–water partition coefficient (Wildman–Crippen LogP) is 3.81. The molecule has 2 aromatic carbocycles. The summed E-state index contributed by atoms with van der Waals surface area (Å²) >= 11 is 0. The lowest BCUT2D eigenvalue weighted by molar-refractivity contribution is 0.402. The Kier molecular flexibility index (Phi) is 4.74. The van der Waals surface area contributed by atoms with Gasteiger partial charge in [0.15, 0.2) is 0 Å². The van der Waals surface area contributed by atoms with Crippen molar-refractivity contribution >= 4 is 5.69 Å². The van der Waals surface area contributed by atoms with Crippen LogP contribution in [0.5, 0.6) is 0 Å². The lowest BCUT2D eigenvalue weighted by Gasteiger charge is -2.12. The van der Waals surface area contributed by atoms with Crippen molar-refractivity contribution in [1.29, 1.82) is 0 Å². The number of halogens is 1. The molecular formula is C17H21FN2. The van der Waals surface area contributed by atoms with E-state index in [0.717, 1.165) is 23.4 Å². The van der Waals surface area contributed by atoms with Crippen LogP contribution >= 0.6 is 0 Å². The van der Waals surface area contributed by atoms with Crippen molar-refractivity contribution in [2.24, 2.45) is 0 Å². The van der Waals surface area contributed by atoms with E-state index in [4.69, 9.17) is 0 Å². The van der Waals surface area contributed by atoms with Crippen LogP contribution in [0.4, 0.5) is 10.1 Å². The van der Waals surface area contributed by atoms with Gasteiger partial charge in [0.25, 0.3) is 0 Å². The number of hydrogen-bond acceptors (Lipinski definition) is 2. The smallest absolute Gasteiger partial charge is 0.123 e. The van der Waals surface area contributed by atoms with E-state index in [-0.39, 0.29) is 5.82 Å². The standard InChI is InChI=1S/C17H21FN2/c1-13-10-16(18)7-6-15(13)11-19-17-8-4-14(5-9-17)12-20(2)3/h4-10,19H,11-12H2,1-3H3. The topological polar surface area (TPSA) is 15.3 Å². The van der Waals surface area contributed by atoms with E-state index in [1.54, 1.807) is 6.07 Å². The monoisotopic (exact) mass is 272 g/mol. The molecule has 0 atom stereocenters. The number of nitrogens with zero attached hydrogens (tertiary/aromatic N) is 1. The second-order valence-electron chi connectivity index (χ2n) is 5.36. The van der Waals surface area contributed by atoms with E-state index < -0.39 is 0 Å². The Hall–Kier alpha value is -1.87. The maximum absolute atomic E-state index is 13.0. The molecule has 106 valence electrons. The lowest BCUT2D eigenvalue weighted by Crippen LogP contribution is -2.10. The number of aryl methyl sites for hydroxylation is 1. The molecule has 0 unspecified atom stereocenters. The van der Waals surface area contributed by atoms with E-state index >= 15 is 0 Å². The summed E-state index contributed by atoms with van der Waals surface area (Å²) in [5.74, 6) is -0.181. The zero-order chi connectivity index (χ0) is 14.5. The van der Waals surface area contributed by atoms with Crippen LogP contribution in [0.2, 0.25) is 0 Å². The molecule has 0 saturated carbocycles. The molecule has 2 aromatic rings. The first-order valence-electron chi connectivity index (χ1n) is 6.77. The van der Waals surface area contributed by atoms with E-state index in [0.29, 0.717) is 6.54 Å². The average Bonchev–Trinajstić information content (AvgIpc) is 2.39. The summed E-state index contributed by atoms with van der Waals surface area (Å²) < 4.78 is 13.0. The Labute approximate surface area is 120 Å². The maximum atomic E-state index is 13.0. The first kappa shape index (κ1) is 14.5. The minimum absolute atomic E-state index is 0.181. The molecule has 0 amide bonds. The summed E-state index contributed by atoms with van der Waals surface area (Å²) in [6.07, 6.45) is 0. The number of rotatable bonds is 5. The predicted molar refractivity (Wildman–Crippen MR) is 82.3 cm³/mol. The Bertz CT molecular complexity index is 562. The summed E-state index contributed by atoms with van der Waals surface area (Å²) in [5, 5.41) is 3.37. The molecule has 0 heterocycles. The Balaban J connectivity index is 1.96. The molecule has 3 heteroatoms. The first-order valence-corrected chi connectivity index (χ1v) is 6.77. The lowest BCUT2D eigenvalue weighted by atomic mass is 10.1. The molecule has 0 aliphatic rings. The molecular weight excluding hydrogens is 251 g/mol. The molecule has 0 aliphatic carbocycles. The van der Waals surface area contributed by atoms with Crippen LogP contribution in [0, 0.1) is 12.7 Å². The van der Waals surface area contributed by atoms with Gasteiger partial charge in [0.05, 0.1) is 0 Å². The van der Waals surface area contributed by atoms with Gasteiger partial charge in [-0.15, -0.1) is 0 Å². The normalized spacial score (nSPS) is 10.8. The second kappa shape index (κ2) is 6.53. The summed E-state index contributed by atoms with van der Waals surface area (Å²) in [6.45, 7) is 3.58. The molecule has 2 rings (SSSR count). The molecule has 0 aliphatic heterocycles.